The van der Waals surface area contributed by atoms with Crippen molar-refractivity contribution in [1.29, 1.82) is 0 Å². The van der Waals surface area contributed by atoms with Gasteiger partial charge in [0.2, 0.25) is 0 Å². The zero-order chi connectivity index (χ0) is 9.84. The van der Waals surface area contributed by atoms with Gasteiger partial charge in [-0.1, -0.05) is 0 Å². The number of anilines is 1. The Morgan fingerprint density at radius 1 is 1.46 bits per heavy atom. The third kappa shape index (κ3) is 3.30. The fourth-order valence-corrected chi connectivity index (χ4v) is 3.46. The Kier molecular flexibility index (Phi) is 3.66. The van der Waals surface area contributed by atoms with Crippen molar-refractivity contribution in [3.63, 3.8) is 0 Å². The predicted octanol–water partition coefficient (Wildman–Crippen LogP) is 0.582. The molecule has 0 aromatic carbocycles. The third-order valence-electron chi connectivity index (χ3n) is 1.17. The van der Waals surface area contributed by atoms with Gasteiger partial charge >= 0.3 is 86.5 Å². The summed E-state index contributed by atoms with van der Waals surface area (Å²) < 4.78 is 1.12. The predicted molar refractivity (Wildman–Crippen MR) is 54.7 cm³/mol. The average Bonchev–Trinajstić information content (AvgIpc) is 2.34. The van der Waals surface area contributed by atoms with Crippen LogP contribution in [0.15, 0.2) is 11.4 Å². The van der Waals surface area contributed by atoms with Crippen LogP contribution in [0.4, 0.5) is 5.00 Å². The molecule has 3 nitrogen and oxygen atoms in total. The molecule has 0 saturated carbocycles. The summed E-state index contributed by atoms with van der Waals surface area (Å²) in [6, 6.07) is 1.89. The van der Waals surface area contributed by atoms with Gasteiger partial charge in [-0.05, 0) is 0 Å². The SMILES string of the molecule is CC(=O)Nc1sccc1[Se]C(C)=O. The second-order valence-corrected chi connectivity index (χ2v) is 5.86. The van der Waals surface area contributed by atoms with Crippen LogP contribution in [0.2, 0.25) is 0 Å². The van der Waals surface area contributed by atoms with E-state index in [1.165, 1.54) is 18.3 Å². The molecule has 0 aliphatic rings. The van der Waals surface area contributed by atoms with Crippen molar-refractivity contribution in [2.75, 3.05) is 5.32 Å². The van der Waals surface area contributed by atoms with Crippen molar-refractivity contribution in [3.8, 4) is 0 Å². The summed E-state index contributed by atoms with van der Waals surface area (Å²) in [4.78, 5) is 21.6. The Balaban J connectivity index is 2.76. The average molecular weight is 262 g/mol. The Labute approximate surface area is 86.7 Å². The van der Waals surface area contributed by atoms with E-state index in [1.807, 2.05) is 11.4 Å². The summed E-state index contributed by atoms with van der Waals surface area (Å²) in [5.41, 5.74) is 0. The molecular weight excluding hydrogens is 253 g/mol. The molecule has 70 valence electrons. The fourth-order valence-electron chi connectivity index (χ4n) is 0.784. The van der Waals surface area contributed by atoms with Crippen LogP contribution in [0.3, 0.4) is 0 Å². The van der Waals surface area contributed by atoms with E-state index >= 15 is 0 Å². The van der Waals surface area contributed by atoms with Gasteiger partial charge in [-0.3, -0.25) is 0 Å². The van der Waals surface area contributed by atoms with Gasteiger partial charge in [0.05, 0.1) is 0 Å². The minimum atomic E-state index is -0.169. The first-order valence-electron chi connectivity index (χ1n) is 3.63. The summed E-state index contributed by atoms with van der Waals surface area (Å²) in [5.74, 6) is -0.0944. The zero-order valence-electron chi connectivity index (χ0n) is 7.29. The van der Waals surface area contributed by atoms with E-state index in [1.54, 1.807) is 6.92 Å². The van der Waals surface area contributed by atoms with Crippen LogP contribution in [0, 0.1) is 0 Å². The van der Waals surface area contributed by atoms with Gasteiger partial charge in [-0.2, -0.15) is 0 Å². The van der Waals surface area contributed by atoms with Crippen LogP contribution in [-0.2, 0) is 9.59 Å². The molecule has 13 heavy (non-hydrogen) atoms. The Morgan fingerprint density at radius 3 is 2.69 bits per heavy atom. The summed E-state index contributed by atoms with van der Waals surface area (Å²) >= 11 is 1.28. The third-order valence-corrected chi connectivity index (χ3v) is 4.07. The fraction of sp³-hybridized carbons (Fsp3) is 0.250. The Hall–Kier alpha value is -0.641. The number of carbonyl (C=O) groups is 2. The van der Waals surface area contributed by atoms with E-state index in [-0.39, 0.29) is 25.5 Å². The Morgan fingerprint density at radius 2 is 2.15 bits per heavy atom. The number of thiophene rings is 1. The van der Waals surface area contributed by atoms with E-state index in [0.29, 0.717) is 0 Å². The molecule has 0 aliphatic carbocycles. The van der Waals surface area contributed by atoms with Crippen LogP contribution in [-0.4, -0.2) is 25.5 Å². The number of carbonyl (C=O) groups excluding carboxylic acids is 2. The molecule has 0 unspecified atom stereocenters. The first kappa shape index (κ1) is 10.4. The van der Waals surface area contributed by atoms with Gasteiger partial charge < -0.3 is 0 Å². The molecule has 0 spiro atoms. The number of amides is 1. The second kappa shape index (κ2) is 4.56. The molecule has 0 saturated heterocycles. The van der Waals surface area contributed by atoms with Crippen LogP contribution in [0.25, 0.3) is 0 Å². The summed E-state index contributed by atoms with van der Waals surface area (Å²) in [7, 11) is 0. The summed E-state index contributed by atoms with van der Waals surface area (Å²) in [6.45, 7) is 3.03. The van der Waals surface area contributed by atoms with Crippen molar-refractivity contribution >= 4 is 46.3 Å². The van der Waals surface area contributed by atoms with E-state index in [0.717, 1.165) is 9.46 Å². The van der Waals surface area contributed by atoms with Crippen LogP contribution >= 0.6 is 11.3 Å². The van der Waals surface area contributed by atoms with E-state index in [2.05, 4.69) is 5.32 Å². The molecule has 0 radical (unpaired) electrons. The first-order chi connectivity index (χ1) is 6.09. The monoisotopic (exact) mass is 263 g/mol. The normalized spacial score (nSPS) is 9.69. The van der Waals surface area contributed by atoms with Gasteiger partial charge in [0.25, 0.3) is 0 Å². The van der Waals surface area contributed by atoms with Gasteiger partial charge in [0.1, 0.15) is 0 Å². The molecule has 1 N–H and O–H groups in total. The van der Waals surface area contributed by atoms with Gasteiger partial charge in [0.15, 0.2) is 0 Å². The maximum absolute atomic E-state index is 10.9. The summed E-state index contributed by atoms with van der Waals surface area (Å²) in [5, 5.41) is 5.39. The van der Waals surface area contributed by atoms with Gasteiger partial charge in [-0.25, -0.2) is 0 Å². The number of nitrogens with one attached hydrogen (secondary N) is 1. The van der Waals surface area contributed by atoms with Crippen molar-refractivity contribution in [2.24, 2.45) is 0 Å². The van der Waals surface area contributed by atoms with Gasteiger partial charge in [0, 0.05) is 0 Å². The molecule has 1 heterocycles. The molecule has 1 aromatic heterocycles. The number of hydrogen-bond donors (Lipinski definition) is 1. The van der Waals surface area contributed by atoms with Crippen molar-refractivity contribution < 1.29 is 9.59 Å². The molecule has 0 bridgehead atoms. The van der Waals surface area contributed by atoms with Gasteiger partial charge in [-0.15, -0.1) is 0 Å². The van der Waals surface area contributed by atoms with E-state index < -0.39 is 0 Å². The van der Waals surface area contributed by atoms with Crippen LogP contribution in [0.5, 0.6) is 0 Å². The number of rotatable bonds is 3. The molecule has 0 fully saturated rings. The summed E-state index contributed by atoms with van der Waals surface area (Å²) in [6.07, 6.45) is 0. The molecular formula is C8H9NO2SSe. The van der Waals surface area contributed by atoms with E-state index in [4.69, 9.17) is 0 Å². The van der Waals surface area contributed by atoms with Crippen molar-refractivity contribution in [3.05, 3.63) is 11.4 Å². The molecule has 1 amide bonds. The van der Waals surface area contributed by atoms with Crippen molar-refractivity contribution in [1.82, 2.24) is 0 Å². The second-order valence-electron chi connectivity index (χ2n) is 2.39. The standard InChI is InChI=1S/C8H9NO2SSe/c1-5(10)9-8-7(3-4-12-8)13-6(2)11/h3-4H,1-2H3,(H,9,10). The van der Waals surface area contributed by atoms with E-state index in [9.17, 15) is 9.59 Å². The minimum absolute atomic E-state index is 0.0944. The number of hydrogen-bond acceptors (Lipinski definition) is 3. The first-order valence-corrected chi connectivity index (χ1v) is 6.22. The molecule has 0 atom stereocenters. The maximum atomic E-state index is 10.9. The van der Waals surface area contributed by atoms with Crippen LogP contribution in [0.1, 0.15) is 13.8 Å². The quantitative estimate of drug-likeness (QED) is 0.810. The molecule has 1 aromatic rings. The molecule has 5 heteroatoms. The molecule has 1 rings (SSSR count). The van der Waals surface area contributed by atoms with Crippen molar-refractivity contribution in [2.45, 2.75) is 13.8 Å². The molecule has 0 aliphatic heterocycles. The topological polar surface area (TPSA) is 46.2 Å². The zero-order valence-corrected chi connectivity index (χ0v) is 9.82. The Bertz CT molecular complexity index is 304. The van der Waals surface area contributed by atoms with Crippen LogP contribution < -0.4 is 9.78 Å².